The Morgan fingerprint density at radius 2 is 2.00 bits per heavy atom. The van der Waals surface area contributed by atoms with Gasteiger partial charge in [-0.25, -0.2) is 9.67 Å². The number of rotatable bonds is 6. The van der Waals surface area contributed by atoms with E-state index >= 15 is 0 Å². The molecule has 3 heterocycles. The van der Waals surface area contributed by atoms with Crippen LogP contribution in [0, 0.1) is 0 Å². The maximum Gasteiger partial charge on any atom is 0.173 e. The van der Waals surface area contributed by atoms with E-state index in [2.05, 4.69) is 56.5 Å². The molecular weight excluding hydrogens is 336 g/mol. The molecule has 4 rings (SSSR count). The highest BCUT2D eigenvalue weighted by molar-refractivity contribution is 5.38. The molecular formula is C21H26N6. The molecule has 6 nitrogen and oxygen atoms in total. The van der Waals surface area contributed by atoms with Crippen molar-refractivity contribution in [2.45, 2.75) is 45.3 Å². The van der Waals surface area contributed by atoms with Crippen molar-refractivity contribution in [1.82, 2.24) is 24.6 Å². The first-order valence-electron chi connectivity index (χ1n) is 9.66. The predicted molar refractivity (Wildman–Crippen MR) is 107 cm³/mol. The van der Waals surface area contributed by atoms with Crippen LogP contribution in [0.3, 0.4) is 0 Å². The second-order valence-electron chi connectivity index (χ2n) is 7.15. The number of hydrogen-bond acceptors (Lipinski definition) is 5. The van der Waals surface area contributed by atoms with Crippen molar-refractivity contribution in [3.05, 3.63) is 66.2 Å². The summed E-state index contributed by atoms with van der Waals surface area (Å²) in [5.41, 5.74) is 2.69. The number of anilines is 1. The fraction of sp³-hybridized carbons (Fsp3) is 0.381. The third-order valence-electron chi connectivity index (χ3n) is 5.25. The van der Waals surface area contributed by atoms with Crippen LogP contribution in [0.4, 0.5) is 5.82 Å². The molecule has 1 aliphatic heterocycles. The summed E-state index contributed by atoms with van der Waals surface area (Å²) >= 11 is 0. The van der Waals surface area contributed by atoms with E-state index in [1.807, 2.05) is 12.3 Å². The Labute approximate surface area is 160 Å². The summed E-state index contributed by atoms with van der Waals surface area (Å²) < 4.78 is 1.71. The Morgan fingerprint density at radius 1 is 1.11 bits per heavy atom. The average Bonchev–Trinajstić information content (AvgIpc) is 3.24. The standard InChI is InChI=1S/C21H26N6/c1-17-7-4-5-11-26(17)16-19-9-3-2-8-18(19)13-23-20-14-22-15-21(25-20)27-12-6-10-24-27/h2-3,6,8-10,12,14-15,17H,4-5,7,11,13,16H2,1H3,(H,23,25). The number of piperidine rings is 1. The number of aromatic nitrogens is 4. The van der Waals surface area contributed by atoms with Gasteiger partial charge in [-0.05, 0) is 43.5 Å². The van der Waals surface area contributed by atoms with E-state index < -0.39 is 0 Å². The quantitative estimate of drug-likeness (QED) is 0.725. The smallest absolute Gasteiger partial charge is 0.173 e. The molecule has 3 aromatic rings. The lowest BCUT2D eigenvalue weighted by atomic mass is 10.0. The first-order valence-corrected chi connectivity index (χ1v) is 9.66. The monoisotopic (exact) mass is 362 g/mol. The molecule has 140 valence electrons. The van der Waals surface area contributed by atoms with Crippen molar-refractivity contribution in [2.75, 3.05) is 11.9 Å². The van der Waals surface area contributed by atoms with Gasteiger partial charge in [0.15, 0.2) is 5.82 Å². The summed E-state index contributed by atoms with van der Waals surface area (Å²) in [4.78, 5) is 11.5. The normalized spacial score (nSPS) is 17.7. The molecule has 27 heavy (non-hydrogen) atoms. The molecule has 0 aliphatic carbocycles. The number of nitrogens with one attached hydrogen (secondary N) is 1. The highest BCUT2D eigenvalue weighted by Crippen LogP contribution is 2.21. The van der Waals surface area contributed by atoms with Gasteiger partial charge in [0, 0.05) is 31.5 Å². The molecule has 0 bridgehead atoms. The zero-order valence-corrected chi connectivity index (χ0v) is 15.8. The largest absolute Gasteiger partial charge is 0.365 e. The summed E-state index contributed by atoms with van der Waals surface area (Å²) in [6.07, 6.45) is 11.0. The minimum Gasteiger partial charge on any atom is -0.365 e. The molecule has 1 aliphatic rings. The van der Waals surface area contributed by atoms with Gasteiger partial charge in [-0.15, -0.1) is 0 Å². The van der Waals surface area contributed by atoms with E-state index in [-0.39, 0.29) is 0 Å². The van der Waals surface area contributed by atoms with Crippen LogP contribution >= 0.6 is 0 Å². The van der Waals surface area contributed by atoms with Gasteiger partial charge in [-0.3, -0.25) is 9.88 Å². The summed E-state index contributed by atoms with van der Waals surface area (Å²) in [5.74, 6) is 1.46. The molecule has 0 radical (unpaired) electrons. The Kier molecular flexibility index (Phi) is 5.44. The highest BCUT2D eigenvalue weighted by Gasteiger charge is 2.19. The minimum absolute atomic E-state index is 0.663. The zero-order valence-electron chi connectivity index (χ0n) is 15.8. The lowest BCUT2D eigenvalue weighted by Crippen LogP contribution is -2.37. The third kappa shape index (κ3) is 4.34. The van der Waals surface area contributed by atoms with Gasteiger partial charge in [0.2, 0.25) is 0 Å². The van der Waals surface area contributed by atoms with Crippen molar-refractivity contribution in [2.24, 2.45) is 0 Å². The second kappa shape index (κ2) is 8.31. The van der Waals surface area contributed by atoms with Crippen LogP contribution in [-0.4, -0.2) is 37.2 Å². The summed E-state index contributed by atoms with van der Waals surface area (Å²) in [6.45, 7) is 5.28. The third-order valence-corrected chi connectivity index (χ3v) is 5.25. The molecule has 1 aromatic carbocycles. The van der Waals surface area contributed by atoms with Crippen LogP contribution in [0.1, 0.15) is 37.3 Å². The van der Waals surface area contributed by atoms with Crippen LogP contribution in [0.2, 0.25) is 0 Å². The molecule has 0 saturated carbocycles. The number of hydrogen-bond donors (Lipinski definition) is 1. The SMILES string of the molecule is CC1CCCCN1Cc1ccccc1CNc1cncc(-n2cccn2)n1. The van der Waals surface area contributed by atoms with Crippen molar-refractivity contribution in [3.8, 4) is 5.82 Å². The molecule has 6 heteroatoms. The summed E-state index contributed by atoms with van der Waals surface area (Å²) in [5, 5.41) is 7.63. The van der Waals surface area contributed by atoms with Crippen molar-refractivity contribution < 1.29 is 0 Å². The Hall–Kier alpha value is -2.73. The van der Waals surface area contributed by atoms with Crippen LogP contribution in [0.25, 0.3) is 5.82 Å². The van der Waals surface area contributed by atoms with Crippen LogP contribution in [0.15, 0.2) is 55.1 Å². The van der Waals surface area contributed by atoms with Gasteiger partial charge in [-0.1, -0.05) is 30.7 Å². The van der Waals surface area contributed by atoms with Gasteiger partial charge in [-0.2, -0.15) is 5.10 Å². The van der Waals surface area contributed by atoms with Gasteiger partial charge in [0.1, 0.15) is 5.82 Å². The van der Waals surface area contributed by atoms with E-state index in [1.165, 1.54) is 36.9 Å². The summed E-state index contributed by atoms with van der Waals surface area (Å²) in [7, 11) is 0. The van der Waals surface area contributed by atoms with Gasteiger partial charge in [0.25, 0.3) is 0 Å². The Bertz CT molecular complexity index is 861. The van der Waals surface area contributed by atoms with E-state index in [0.717, 1.165) is 18.9 Å². The minimum atomic E-state index is 0.663. The first-order chi connectivity index (χ1) is 13.3. The topological polar surface area (TPSA) is 58.9 Å². The fourth-order valence-corrected chi connectivity index (χ4v) is 3.64. The Morgan fingerprint density at radius 3 is 2.81 bits per heavy atom. The van der Waals surface area contributed by atoms with Crippen LogP contribution in [-0.2, 0) is 13.1 Å². The van der Waals surface area contributed by atoms with Crippen molar-refractivity contribution in [3.63, 3.8) is 0 Å². The number of likely N-dealkylation sites (tertiary alicyclic amines) is 1. The van der Waals surface area contributed by atoms with Crippen molar-refractivity contribution in [1.29, 1.82) is 0 Å². The van der Waals surface area contributed by atoms with Crippen LogP contribution in [0.5, 0.6) is 0 Å². The first kappa shape index (κ1) is 17.7. The maximum atomic E-state index is 4.60. The second-order valence-corrected chi connectivity index (χ2v) is 7.15. The van der Waals surface area contributed by atoms with Gasteiger partial charge < -0.3 is 5.32 Å². The highest BCUT2D eigenvalue weighted by atomic mass is 15.3. The average molecular weight is 362 g/mol. The molecule has 2 aromatic heterocycles. The lowest BCUT2D eigenvalue weighted by molar-refractivity contribution is 0.152. The van der Waals surface area contributed by atoms with Gasteiger partial charge >= 0.3 is 0 Å². The van der Waals surface area contributed by atoms with E-state index in [4.69, 9.17) is 0 Å². The van der Waals surface area contributed by atoms with E-state index in [0.29, 0.717) is 11.9 Å². The molecule has 1 unspecified atom stereocenters. The predicted octanol–water partition coefficient (Wildman–Crippen LogP) is 3.65. The lowest BCUT2D eigenvalue weighted by Gasteiger charge is -2.33. The van der Waals surface area contributed by atoms with E-state index in [9.17, 15) is 0 Å². The molecule has 1 fully saturated rings. The number of benzene rings is 1. The molecule has 0 spiro atoms. The maximum absolute atomic E-state index is 4.60. The number of nitrogens with zero attached hydrogens (tertiary/aromatic N) is 5. The van der Waals surface area contributed by atoms with Gasteiger partial charge in [0.05, 0.1) is 12.4 Å². The molecule has 1 N–H and O–H groups in total. The van der Waals surface area contributed by atoms with Crippen molar-refractivity contribution >= 4 is 5.82 Å². The van der Waals surface area contributed by atoms with Crippen LogP contribution < -0.4 is 5.32 Å². The zero-order chi connectivity index (χ0) is 18.5. The fourth-order valence-electron chi connectivity index (χ4n) is 3.64. The van der Waals surface area contributed by atoms with E-state index in [1.54, 1.807) is 23.3 Å². The summed E-state index contributed by atoms with van der Waals surface area (Å²) in [6, 6.07) is 11.2. The molecule has 1 saturated heterocycles. The molecule has 1 atom stereocenters. The molecule has 0 amide bonds. The Balaban J connectivity index is 1.45.